The maximum atomic E-state index is 13.0. The highest BCUT2D eigenvalue weighted by molar-refractivity contribution is 5.94. The SMILES string of the molecule is CC#C[C@@H](CC(=O)Nc1ccc(C2CCN(C(=O)c3ccc4nccn4c3)CC2)cc1)c1ccc(O)cc1. The second-order valence-electron chi connectivity index (χ2n) is 9.59. The van der Waals surface area contributed by atoms with Gasteiger partial charge < -0.3 is 19.7 Å². The summed E-state index contributed by atoms with van der Waals surface area (Å²) in [6.07, 6.45) is 7.43. The number of hydrogen-bond acceptors (Lipinski definition) is 4. The number of aromatic hydroxyl groups is 1. The van der Waals surface area contributed by atoms with Crippen LogP contribution in [0, 0.1) is 11.8 Å². The fourth-order valence-electron chi connectivity index (χ4n) is 5.01. The number of pyridine rings is 1. The van der Waals surface area contributed by atoms with E-state index in [0.717, 1.165) is 29.7 Å². The quantitative estimate of drug-likeness (QED) is 0.352. The molecule has 38 heavy (non-hydrogen) atoms. The molecule has 0 bridgehead atoms. The molecule has 2 N–H and O–H groups in total. The van der Waals surface area contributed by atoms with Crippen molar-refractivity contribution in [3.8, 4) is 17.6 Å². The zero-order chi connectivity index (χ0) is 26.5. The van der Waals surface area contributed by atoms with Crippen LogP contribution in [0.4, 0.5) is 5.69 Å². The van der Waals surface area contributed by atoms with E-state index in [4.69, 9.17) is 0 Å². The molecule has 1 atom stereocenters. The van der Waals surface area contributed by atoms with Gasteiger partial charge in [-0.05, 0) is 73.2 Å². The lowest BCUT2D eigenvalue weighted by atomic mass is 9.89. The molecule has 0 spiro atoms. The van der Waals surface area contributed by atoms with Crippen molar-refractivity contribution in [3.05, 3.63) is 95.9 Å². The molecule has 7 heteroatoms. The molecular weight excluding hydrogens is 476 g/mol. The number of carbonyl (C=O) groups is 2. The van der Waals surface area contributed by atoms with Crippen LogP contribution in [0.25, 0.3) is 5.65 Å². The van der Waals surface area contributed by atoms with Crippen LogP contribution in [0.15, 0.2) is 79.3 Å². The number of aromatic nitrogens is 2. The number of rotatable bonds is 6. The highest BCUT2D eigenvalue weighted by Gasteiger charge is 2.25. The molecule has 2 aromatic carbocycles. The number of nitrogens with one attached hydrogen (secondary N) is 1. The largest absolute Gasteiger partial charge is 0.508 e. The Labute approximate surface area is 222 Å². The van der Waals surface area contributed by atoms with Crippen LogP contribution >= 0.6 is 0 Å². The van der Waals surface area contributed by atoms with Crippen LogP contribution in [-0.2, 0) is 4.79 Å². The molecule has 2 aromatic heterocycles. The van der Waals surface area contributed by atoms with Crippen molar-refractivity contribution in [1.82, 2.24) is 14.3 Å². The number of fused-ring (bicyclic) bond motifs is 1. The lowest BCUT2D eigenvalue weighted by Gasteiger charge is -2.32. The number of amides is 2. The van der Waals surface area contributed by atoms with E-state index in [1.807, 2.05) is 46.0 Å². The second kappa shape index (κ2) is 11.2. The predicted octanol–water partition coefficient (Wildman–Crippen LogP) is 5.20. The van der Waals surface area contributed by atoms with Crippen molar-refractivity contribution in [1.29, 1.82) is 0 Å². The molecule has 1 aliphatic heterocycles. The predicted molar refractivity (Wildman–Crippen MR) is 147 cm³/mol. The van der Waals surface area contributed by atoms with Crippen LogP contribution < -0.4 is 5.32 Å². The average molecular weight is 507 g/mol. The van der Waals surface area contributed by atoms with Gasteiger partial charge in [-0.3, -0.25) is 9.59 Å². The van der Waals surface area contributed by atoms with Gasteiger partial charge in [-0.15, -0.1) is 5.92 Å². The van der Waals surface area contributed by atoms with Gasteiger partial charge in [-0.1, -0.05) is 30.2 Å². The fourth-order valence-corrected chi connectivity index (χ4v) is 5.01. The Morgan fingerprint density at radius 2 is 1.79 bits per heavy atom. The van der Waals surface area contributed by atoms with E-state index in [1.165, 1.54) is 5.56 Å². The monoisotopic (exact) mass is 506 g/mol. The molecule has 0 aliphatic carbocycles. The summed E-state index contributed by atoms with van der Waals surface area (Å²) in [7, 11) is 0. The first-order chi connectivity index (χ1) is 18.5. The first-order valence-electron chi connectivity index (χ1n) is 12.8. The van der Waals surface area contributed by atoms with E-state index < -0.39 is 0 Å². The molecule has 4 aromatic rings. The molecule has 0 radical (unpaired) electrons. The van der Waals surface area contributed by atoms with Gasteiger partial charge in [0.15, 0.2) is 0 Å². The number of carbonyl (C=O) groups excluding carboxylic acids is 2. The standard InChI is InChI=1S/C31H30N4O3/c1-2-3-25(23-6-11-28(36)12-7-23)20-30(37)33-27-9-4-22(5-10-27)24-14-17-34(18-15-24)31(38)26-8-13-29-32-16-19-35(29)21-26/h4-13,16,19,21,24-25,36H,14-15,17-18,20H2,1H3,(H,33,37)/t25-/m0/s1. The number of nitrogens with zero attached hydrogens (tertiary/aromatic N) is 3. The molecule has 5 rings (SSSR count). The van der Waals surface area contributed by atoms with Gasteiger partial charge in [0.2, 0.25) is 5.91 Å². The Morgan fingerprint density at radius 3 is 2.50 bits per heavy atom. The molecule has 1 fully saturated rings. The minimum Gasteiger partial charge on any atom is -0.508 e. The van der Waals surface area contributed by atoms with E-state index in [2.05, 4.69) is 34.3 Å². The first-order valence-corrected chi connectivity index (χ1v) is 12.8. The number of likely N-dealkylation sites (tertiary alicyclic amines) is 1. The molecule has 7 nitrogen and oxygen atoms in total. The number of benzene rings is 2. The van der Waals surface area contributed by atoms with E-state index in [1.54, 1.807) is 37.4 Å². The summed E-state index contributed by atoms with van der Waals surface area (Å²) in [6, 6.07) is 18.5. The number of phenols is 1. The third kappa shape index (κ3) is 5.70. The second-order valence-corrected chi connectivity index (χ2v) is 9.59. The summed E-state index contributed by atoms with van der Waals surface area (Å²) in [5.41, 5.74) is 4.36. The van der Waals surface area contributed by atoms with Gasteiger partial charge >= 0.3 is 0 Å². The summed E-state index contributed by atoms with van der Waals surface area (Å²) < 4.78 is 1.87. The number of piperidine rings is 1. The van der Waals surface area contributed by atoms with Crippen LogP contribution in [0.3, 0.4) is 0 Å². The van der Waals surface area contributed by atoms with E-state index in [9.17, 15) is 14.7 Å². The lowest BCUT2D eigenvalue weighted by molar-refractivity contribution is -0.116. The van der Waals surface area contributed by atoms with Gasteiger partial charge in [0, 0.05) is 43.8 Å². The summed E-state index contributed by atoms with van der Waals surface area (Å²) >= 11 is 0. The van der Waals surface area contributed by atoms with Crippen molar-refractivity contribution >= 4 is 23.1 Å². The van der Waals surface area contributed by atoms with E-state index in [-0.39, 0.29) is 29.9 Å². The fraction of sp³-hybridized carbons (Fsp3) is 0.258. The van der Waals surface area contributed by atoms with Crippen molar-refractivity contribution < 1.29 is 14.7 Å². The van der Waals surface area contributed by atoms with Gasteiger partial charge in [0.1, 0.15) is 11.4 Å². The van der Waals surface area contributed by atoms with Crippen LogP contribution in [0.1, 0.15) is 59.5 Å². The lowest BCUT2D eigenvalue weighted by Crippen LogP contribution is -2.38. The molecule has 3 heterocycles. The summed E-state index contributed by atoms with van der Waals surface area (Å²) in [6.45, 7) is 3.17. The van der Waals surface area contributed by atoms with E-state index >= 15 is 0 Å². The van der Waals surface area contributed by atoms with Gasteiger partial charge in [-0.25, -0.2) is 4.98 Å². The van der Waals surface area contributed by atoms with Crippen molar-refractivity contribution in [2.75, 3.05) is 18.4 Å². The number of imidazole rings is 1. The minimum atomic E-state index is -0.241. The first kappa shape index (κ1) is 25.1. The molecule has 1 saturated heterocycles. The van der Waals surface area contributed by atoms with Crippen molar-refractivity contribution in [2.24, 2.45) is 0 Å². The third-order valence-electron chi connectivity index (χ3n) is 7.09. The zero-order valence-electron chi connectivity index (χ0n) is 21.3. The summed E-state index contributed by atoms with van der Waals surface area (Å²) in [4.78, 5) is 31.9. The Balaban J connectivity index is 1.15. The van der Waals surface area contributed by atoms with Crippen LogP contribution in [0.5, 0.6) is 5.75 Å². The van der Waals surface area contributed by atoms with Crippen LogP contribution in [0.2, 0.25) is 0 Å². The van der Waals surface area contributed by atoms with Gasteiger partial charge in [0.05, 0.1) is 11.5 Å². The normalized spacial score (nSPS) is 14.5. The Kier molecular flexibility index (Phi) is 7.41. The van der Waals surface area contributed by atoms with Crippen LogP contribution in [-0.4, -0.2) is 44.3 Å². The topological polar surface area (TPSA) is 86.9 Å². The Bertz CT molecular complexity index is 1490. The highest BCUT2D eigenvalue weighted by atomic mass is 16.3. The van der Waals surface area contributed by atoms with Gasteiger partial charge in [0.25, 0.3) is 5.91 Å². The molecule has 0 saturated carbocycles. The molecular formula is C31H30N4O3. The maximum absolute atomic E-state index is 13.0. The van der Waals surface area contributed by atoms with Crippen molar-refractivity contribution in [3.63, 3.8) is 0 Å². The number of phenolic OH excluding ortho intramolecular Hbond substituents is 1. The maximum Gasteiger partial charge on any atom is 0.255 e. The number of anilines is 1. The Hall–Kier alpha value is -4.57. The molecule has 1 aliphatic rings. The highest BCUT2D eigenvalue weighted by Crippen LogP contribution is 2.30. The third-order valence-corrected chi connectivity index (χ3v) is 7.09. The number of hydrogen-bond donors (Lipinski definition) is 2. The minimum absolute atomic E-state index is 0.0514. The smallest absolute Gasteiger partial charge is 0.255 e. The molecule has 192 valence electrons. The van der Waals surface area contributed by atoms with E-state index in [0.29, 0.717) is 24.6 Å². The zero-order valence-corrected chi connectivity index (χ0v) is 21.3. The summed E-state index contributed by atoms with van der Waals surface area (Å²) in [5, 5.41) is 12.5. The Morgan fingerprint density at radius 1 is 1.05 bits per heavy atom. The molecule has 2 amide bonds. The summed E-state index contributed by atoms with van der Waals surface area (Å²) in [5.74, 6) is 6.25. The average Bonchev–Trinajstić information content (AvgIpc) is 3.41. The van der Waals surface area contributed by atoms with Crippen molar-refractivity contribution in [2.45, 2.75) is 38.0 Å². The molecule has 0 unspecified atom stereocenters. The van der Waals surface area contributed by atoms with Gasteiger partial charge in [-0.2, -0.15) is 0 Å².